The molecule has 0 aromatic heterocycles. The Balaban J connectivity index is 0. The molecule has 0 fully saturated rings. The predicted molar refractivity (Wildman–Crippen MR) is 5.75 cm³/mol. The summed E-state index contributed by atoms with van der Waals surface area (Å²) in [6, 6.07) is 0. The molecule has 4 heteroatoms. The van der Waals surface area contributed by atoms with E-state index in [-0.39, 0.29) is 84.7 Å². The molecule has 0 aliphatic heterocycles. The van der Waals surface area contributed by atoms with Crippen LogP contribution in [-0.2, 0) is 67.1 Å². The summed E-state index contributed by atoms with van der Waals surface area (Å²) in [5.41, 5.74) is 0. The molecule has 0 amide bonds. The van der Waals surface area contributed by atoms with E-state index in [4.69, 9.17) is 0 Å². The molecule has 0 atom stereocenters. The maximum absolute atomic E-state index is 0. The van der Waals surface area contributed by atoms with Gasteiger partial charge in [0.2, 0.25) is 0 Å². The Morgan fingerprint density at radius 1 is 0.500 bits per heavy atom. The van der Waals surface area contributed by atoms with Crippen molar-refractivity contribution in [2.45, 2.75) is 0 Å². The molecule has 7 radical (unpaired) electrons. The van der Waals surface area contributed by atoms with Crippen LogP contribution in [0, 0.1) is 0 Å². The molecule has 0 N–H and O–H groups in total. The molecule has 0 aromatic carbocycles. The minimum absolute atomic E-state index is 0. The molecule has 0 rings (SSSR count). The van der Waals surface area contributed by atoms with Gasteiger partial charge in [-0.2, -0.15) is 0 Å². The maximum Gasteiger partial charge on any atom is 0 e. The van der Waals surface area contributed by atoms with Crippen LogP contribution in [0.3, 0.4) is 0 Å². The van der Waals surface area contributed by atoms with Gasteiger partial charge in [0.05, 0.1) is 0 Å². The summed E-state index contributed by atoms with van der Waals surface area (Å²) >= 11 is 0. The van der Waals surface area contributed by atoms with Gasteiger partial charge in [-0.15, -0.1) is 0 Å². The summed E-state index contributed by atoms with van der Waals surface area (Å²) in [4.78, 5) is 0. The van der Waals surface area contributed by atoms with Gasteiger partial charge >= 0.3 is 0 Å². The third-order valence-electron chi connectivity index (χ3n) is 0. The van der Waals surface area contributed by atoms with E-state index < -0.39 is 0 Å². The number of hydrogen-bond acceptors (Lipinski definition) is 0. The molecule has 0 bridgehead atoms. The maximum atomic E-state index is 0. The van der Waals surface area contributed by atoms with Gasteiger partial charge in [0.1, 0.15) is 0 Å². The summed E-state index contributed by atoms with van der Waals surface area (Å²) in [6.07, 6.45) is 0. The Morgan fingerprint density at radius 3 is 0.500 bits per heavy atom. The topological polar surface area (TPSA) is 0 Å². The second kappa shape index (κ2) is 17.1. The summed E-state index contributed by atoms with van der Waals surface area (Å²) in [6.45, 7) is 0. The molecule has 0 nitrogen and oxygen atoms in total. The average Bonchev–Trinajstić information content (AvgIpc) is 0. The van der Waals surface area contributed by atoms with E-state index in [0.29, 0.717) is 0 Å². The van der Waals surface area contributed by atoms with Gasteiger partial charge in [-0.25, -0.2) is 0 Å². The monoisotopic (exact) mass is 665 g/mol. The van der Waals surface area contributed by atoms with Gasteiger partial charge in [-0.05, 0) is 0 Å². The second-order valence-electron chi connectivity index (χ2n) is 0. The van der Waals surface area contributed by atoms with Crippen molar-refractivity contribution in [3.8, 4) is 0 Å². The van der Waals surface area contributed by atoms with Gasteiger partial charge in [0, 0.05) is 84.7 Å². The van der Waals surface area contributed by atoms with E-state index in [1.807, 2.05) is 0 Å². The Kier molecular flexibility index (Phi) is 126. The molecule has 0 saturated heterocycles. The van der Waals surface area contributed by atoms with E-state index in [0.717, 1.165) is 0 Å². The normalized spacial score (nSPS) is 0. The third kappa shape index (κ3) is 8.83. The van der Waals surface area contributed by atoms with Crippen LogP contribution in [0.25, 0.3) is 0 Å². The summed E-state index contributed by atoms with van der Waals surface area (Å²) < 4.78 is 0. The zero-order valence-corrected chi connectivity index (χ0v) is 10.0. The Morgan fingerprint density at radius 2 is 0.500 bits per heavy atom. The first-order valence-corrected chi connectivity index (χ1v) is 0. The van der Waals surface area contributed by atoms with Crippen LogP contribution in [0.2, 0.25) is 0 Å². The Bertz CT molecular complexity index is 3.25. The van der Waals surface area contributed by atoms with E-state index in [2.05, 4.69) is 0 Å². The fraction of sp³-hybridized carbons (Fsp3) is 0. The molecule has 4 heavy (non-hydrogen) atoms. The fourth-order valence-corrected chi connectivity index (χ4v) is 0. The van der Waals surface area contributed by atoms with Crippen LogP contribution in [0.4, 0.5) is 0 Å². The van der Waals surface area contributed by atoms with Gasteiger partial charge in [0.15, 0.2) is 0 Å². The van der Waals surface area contributed by atoms with Crippen molar-refractivity contribution in [2.75, 3.05) is 0 Å². The molecule has 0 saturated carbocycles. The smallest absolute Gasteiger partial charge is 0 e. The number of rotatable bonds is 0. The molecular weight excluding hydrogens is 664 g/mol. The molecule has 37 valence electrons. The van der Waals surface area contributed by atoms with Gasteiger partial charge in [0.25, 0.3) is 0 Å². The summed E-state index contributed by atoms with van der Waals surface area (Å²) in [7, 11) is 0. The van der Waals surface area contributed by atoms with E-state index in [1.165, 1.54) is 0 Å². The quantitative estimate of drug-likeness (QED) is 0.311. The Labute approximate surface area is 83.4 Å². The first kappa shape index (κ1) is 29.4. The summed E-state index contributed by atoms with van der Waals surface area (Å²) in [5, 5.41) is 0. The zero-order chi connectivity index (χ0) is 0. The first-order valence-electron chi connectivity index (χ1n) is 0. The van der Waals surface area contributed by atoms with Crippen LogP contribution < -0.4 is 0 Å². The van der Waals surface area contributed by atoms with Crippen LogP contribution in [0.15, 0.2) is 0 Å². The molecule has 0 unspecified atom stereocenters. The van der Waals surface area contributed by atoms with E-state index in [1.54, 1.807) is 0 Å². The molecule has 0 aromatic rings. The largest absolute Gasteiger partial charge is 0 e. The number of hydrogen-bond donors (Lipinski definition) is 0. The minimum Gasteiger partial charge on any atom is 0 e. The predicted octanol–water partition coefficient (Wildman–Crippen LogP) is -0.388. The van der Waals surface area contributed by atoms with E-state index >= 15 is 0 Å². The van der Waals surface area contributed by atoms with Crippen LogP contribution in [-0.4, -0.2) is 17.6 Å². The zero-order valence-electron chi connectivity index (χ0n) is 1.40. The van der Waals surface area contributed by atoms with Crippen LogP contribution in [0.1, 0.15) is 0 Å². The van der Waals surface area contributed by atoms with Crippen molar-refractivity contribution < 1.29 is 67.1 Å². The molecular formula is Au3Ge. The van der Waals surface area contributed by atoms with Crippen molar-refractivity contribution in [1.29, 1.82) is 0 Å². The van der Waals surface area contributed by atoms with Gasteiger partial charge in [-0.1, -0.05) is 0 Å². The second-order valence-corrected chi connectivity index (χ2v) is 0. The first-order chi connectivity index (χ1) is 0. The van der Waals surface area contributed by atoms with Gasteiger partial charge < -0.3 is 0 Å². The Hall–Kier alpha value is 2.76. The third-order valence-corrected chi connectivity index (χ3v) is 0. The van der Waals surface area contributed by atoms with Gasteiger partial charge in [-0.3, -0.25) is 0 Å². The van der Waals surface area contributed by atoms with Crippen molar-refractivity contribution in [3.63, 3.8) is 0 Å². The van der Waals surface area contributed by atoms with Crippen molar-refractivity contribution in [1.82, 2.24) is 0 Å². The molecule has 0 aliphatic carbocycles. The van der Waals surface area contributed by atoms with Crippen LogP contribution in [0.5, 0.6) is 0 Å². The molecule has 0 aliphatic rings. The molecule has 0 spiro atoms. The van der Waals surface area contributed by atoms with Crippen molar-refractivity contribution in [2.24, 2.45) is 0 Å². The van der Waals surface area contributed by atoms with E-state index in [9.17, 15) is 0 Å². The summed E-state index contributed by atoms with van der Waals surface area (Å²) in [5.74, 6) is 0. The van der Waals surface area contributed by atoms with Crippen molar-refractivity contribution in [3.05, 3.63) is 0 Å². The molecule has 0 heterocycles. The fourth-order valence-electron chi connectivity index (χ4n) is 0. The minimum atomic E-state index is 0. The average molecular weight is 664 g/mol. The SMILES string of the molecule is [Au].[Au].[Au].[Ge]. The standard InChI is InChI=1S/3Au.Ge. The van der Waals surface area contributed by atoms with Crippen molar-refractivity contribution >= 4 is 17.6 Å². The van der Waals surface area contributed by atoms with Crippen LogP contribution >= 0.6 is 0 Å².